The van der Waals surface area contributed by atoms with Crippen LogP contribution in [-0.4, -0.2) is 25.3 Å². The van der Waals surface area contributed by atoms with Crippen LogP contribution in [-0.2, 0) is 4.74 Å². The standard InChI is InChI=1S/C8H17NO/c1-3-9-8(2)5-4-6-10-7-8/h9H,3-7H2,1-2H3. The summed E-state index contributed by atoms with van der Waals surface area (Å²) in [5.41, 5.74) is 0.257. The van der Waals surface area contributed by atoms with Crippen molar-refractivity contribution in [2.24, 2.45) is 0 Å². The molecule has 1 saturated heterocycles. The van der Waals surface area contributed by atoms with Crippen LogP contribution >= 0.6 is 0 Å². The summed E-state index contributed by atoms with van der Waals surface area (Å²) >= 11 is 0. The summed E-state index contributed by atoms with van der Waals surface area (Å²) in [4.78, 5) is 0. The number of ether oxygens (including phenoxy) is 1. The molecule has 1 rings (SSSR count). The maximum Gasteiger partial charge on any atom is 0.0645 e. The molecule has 0 saturated carbocycles. The SMILES string of the molecule is CCNC1(C)CCCOC1. The maximum atomic E-state index is 5.38. The Bertz CT molecular complexity index is 91.9. The van der Waals surface area contributed by atoms with Crippen LogP contribution in [0.15, 0.2) is 0 Å². The number of likely N-dealkylation sites (N-methyl/N-ethyl adjacent to an activating group) is 1. The van der Waals surface area contributed by atoms with Crippen molar-refractivity contribution in [1.82, 2.24) is 5.32 Å². The van der Waals surface area contributed by atoms with Crippen LogP contribution in [0.4, 0.5) is 0 Å². The van der Waals surface area contributed by atoms with Crippen molar-refractivity contribution in [3.05, 3.63) is 0 Å². The van der Waals surface area contributed by atoms with Crippen LogP contribution in [0.2, 0.25) is 0 Å². The molecule has 1 aliphatic rings. The molecule has 1 aliphatic heterocycles. The van der Waals surface area contributed by atoms with Gasteiger partial charge in [0.25, 0.3) is 0 Å². The lowest BCUT2D eigenvalue weighted by Crippen LogP contribution is -2.48. The van der Waals surface area contributed by atoms with Gasteiger partial charge in [0.2, 0.25) is 0 Å². The lowest BCUT2D eigenvalue weighted by Gasteiger charge is -2.34. The zero-order valence-electron chi connectivity index (χ0n) is 6.94. The lowest BCUT2D eigenvalue weighted by molar-refractivity contribution is 0.0295. The molecule has 0 aromatic heterocycles. The van der Waals surface area contributed by atoms with E-state index in [4.69, 9.17) is 4.74 Å². The third kappa shape index (κ3) is 1.96. The highest BCUT2D eigenvalue weighted by atomic mass is 16.5. The average molecular weight is 143 g/mol. The van der Waals surface area contributed by atoms with Gasteiger partial charge in [-0.15, -0.1) is 0 Å². The lowest BCUT2D eigenvalue weighted by atomic mass is 9.95. The van der Waals surface area contributed by atoms with Crippen LogP contribution in [0.1, 0.15) is 26.7 Å². The molecular weight excluding hydrogens is 126 g/mol. The van der Waals surface area contributed by atoms with E-state index in [9.17, 15) is 0 Å². The van der Waals surface area contributed by atoms with Gasteiger partial charge in [-0.2, -0.15) is 0 Å². The Morgan fingerprint density at radius 3 is 2.90 bits per heavy atom. The zero-order valence-corrected chi connectivity index (χ0v) is 6.94. The smallest absolute Gasteiger partial charge is 0.0645 e. The van der Waals surface area contributed by atoms with Gasteiger partial charge >= 0.3 is 0 Å². The Balaban J connectivity index is 2.32. The summed E-state index contributed by atoms with van der Waals surface area (Å²) in [5.74, 6) is 0. The predicted octanol–water partition coefficient (Wildman–Crippen LogP) is 1.17. The van der Waals surface area contributed by atoms with Gasteiger partial charge in [0.15, 0.2) is 0 Å². The summed E-state index contributed by atoms with van der Waals surface area (Å²) in [6.07, 6.45) is 2.45. The second kappa shape index (κ2) is 3.35. The molecule has 2 heteroatoms. The molecule has 2 nitrogen and oxygen atoms in total. The third-order valence-corrected chi connectivity index (χ3v) is 2.04. The number of rotatable bonds is 2. The molecule has 0 bridgehead atoms. The highest BCUT2D eigenvalue weighted by molar-refractivity contribution is 4.84. The first-order valence-corrected chi connectivity index (χ1v) is 4.10. The molecule has 1 N–H and O–H groups in total. The van der Waals surface area contributed by atoms with Crippen molar-refractivity contribution in [2.45, 2.75) is 32.2 Å². The van der Waals surface area contributed by atoms with Crippen LogP contribution in [0.25, 0.3) is 0 Å². The fourth-order valence-corrected chi connectivity index (χ4v) is 1.50. The van der Waals surface area contributed by atoms with Gasteiger partial charge in [0, 0.05) is 12.1 Å². The molecule has 0 amide bonds. The Morgan fingerprint density at radius 2 is 2.40 bits per heavy atom. The molecule has 1 heterocycles. The number of hydrogen-bond acceptors (Lipinski definition) is 2. The number of hydrogen-bond donors (Lipinski definition) is 1. The molecule has 1 atom stereocenters. The molecule has 10 heavy (non-hydrogen) atoms. The van der Waals surface area contributed by atoms with E-state index in [1.165, 1.54) is 12.8 Å². The third-order valence-electron chi connectivity index (χ3n) is 2.04. The fourth-order valence-electron chi connectivity index (χ4n) is 1.50. The van der Waals surface area contributed by atoms with E-state index in [0.717, 1.165) is 19.8 Å². The number of nitrogens with one attached hydrogen (secondary N) is 1. The second-order valence-corrected chi connectivity index (χ2v) is 3.25. The summed E-state index contributed by atoms with van der Waals surface area (Å²) < 4.78 is 5.38. The fraction of sp³-hybridized carbons (Fsp3) is 1.00. The molecule has 60 valence electrons. The molecule has 0 aliphatic carbocycles. The predicted molar refractivity (Wildman–Crippen MR) is 42.1 cm³/mol. The Kier molecular flexibility index (Phi) is 2.69. The first-order valence-electron chi connectivity index (χ1n) is 4.10. The van der Waals surface area contributed by atoms with Gasteiger partial charge in [-0.3, -0.25) is 0 Å². The van der Waals surface area contributed by atoms with Crippen molar-refractivity contribution in [2.75, 3.05) is 19.8 Å². The summed E-state index contributed by atoms with van der Waals surface area (Å²) in [6, 6.07) is 0. The quantitative estimate of drug-likeness (QED) is 0.626. The van der Waals surface area contributed by atoms with Crippen LogP contribution < -0.4 is 5.32 Å². The van der Waals surface area contributed by atoms with E-state index in [-0.39, 0.29) is 5.54 Å². The van der Waals surface area contributed by atoms with Crippen molar-refractivity contribution < 1.29 is 4.74 Å². The van der Waals surface area contributed by atoms with Gasteiger partial charge < -0.3 is 10.1 Å². The van der Waals surface area contributed by atoms with E-state index in [1.807, 2.05) is 0 Å². The van der Waals surface area contributed by atoms with E-state index in [1.54, 1.807) is 0 Å². The monoisotopic (exact) mass is 143 g/mol. The minimum Gasteiger partial charge on any atom is -0.380 e. The van der Waals surface area contributed by atoms with Crippen LogP contribution in [0, 0.1) is 0 Å². The van der Waals surface area contributed by atoms with Crippen molar-refractivity contribution in [1.29, 1.82) is 0 Å². The van der Waals surface area contributed by atoms with Gasteiger partial charge in [0.05, 0.1) is 6.61 Å². The zero-order chi connectivity index (χ0) is 7.45. The van der Waals surface area contributed by atoms with Crippen molar-refractivity contribution >= 4 is 0 Å². The highest BCUT2D eigenvalue weighted by Gasteiger charge is 2.25. The Morgan fingerprint density at radius 1 is 1.60 bits per heavy atom. The minimum absolute atomic E-state index is 0.257. The van der Waals surface area contributed by atoms with Crippen molar-refractivity contribution in [3.8, 4) is 0 Å². The van der Waals surface area contributed by atoms with Crippen molar-refractivity contribution in [3.63, 3.8) is 0 Å². The highest BCUT2D eigenvalue weighted by Crippen LogP contribution is 2.17. The van der Waals surface area contributed by atoms with E-state index in [0.29, 0.717) is 0 Å². The first-order chi connectivity index (χ1) is 4.77. The molecule has 1 fully saturated rings. The van der Waals surface area contributed by atoms with Gasteiger partial charge in [-0.1, -0.05) is 6.92 Å². The average Bonchev–Trinajstić information content (AvgIpc) is 1.89. The van der Waals surface area contributed by atoms with E-state index in [2.05, 4.69) is 19.2 Å². The van der Waals surface area contributed by atoms with E-state index < -0.39 is 0 Å². The normalized spacial score (nSPS) is 34.2. The molecule has 1 unspecified atom stereocenters. The Labute approximate surface area is 63.0 Å². The van der Waals surface area contributed by atoms with Gasteiger partial charge in [-0.25, -0.2) is 0 Å². The minimum atomic E-state index is 0.257. The molecule has 0 radical (unpaired) electrons. The summed E-state index contributed by atoms with van der Waals surface area (Å²) in [7, 11) is 0. The molecule has 0 aromatic carbocycles. The summed E-state index contributed by atoms with van der Waals surface area (Å²) in [5, 5.41) is 3.44. The molecule has 0 spiro atoms. The Hall–Kier alpha value is -0.0800. The summed E-state index contributed by atoms with van der Waals surface area (Å²) in [6.45, 7) is 7.23. The largest absolute Gasteiger partial charge is 0.380 e. The molecular formula is C8H17NO. The van der Waals surface area contributed by atoms with Crippen LogP contribution in [0.5, 0.6) is 0 Å². The van der Waals surface area contributed by atoms with Crippen LogP contribution in [0.3, 0.4) is 0 Å². The van der Waals surface area contributed by atoms with Gasteiger partial charge in [0.1, 0.15) is 0 Å². The maximum absolute atomic E-state index is 5.38. The molecule has 0 aromatic rings. The van der Waals surface area contributed by atoms with Gasteiger partial charge in [-0.05, 0) is 26.3 Å². The van der Waals surface area contributed by atoms with E-state index >= 15 is 0 Å². The first kappa shape index (κ1) is 8.02. The topological polar surface area (TPSA) is 21.3 Å². The second-order valence-electron chi connectivity index (χ2n) is 3.25.